The topological polar surface area (TPSA) is 71.8 Å². The van der Waals surface area contributed by atoms with Crippen molar-refractivity contribution in [2.24, 2.45) is 5.92 Å². The number of nitrogens with one attached hydrogen (secondary N) is 1. The van der Waals surface area contributed by atoms with Gasteiger partial charge in [-0.25, -0.2) is 4.79 Å². The van der Waals surface area contributed by atoms with Crippen molar-refractivity contribution < 1.29 is 13.9 Å². The largest absolute Gasteiger partial charge is 0.483 e. The van der Waals surface area contributed by atoms with Crippen LogP contribution in [0.3, 0.4) is 0 Å². The highest BCUT2D eigenvalue weighted by molar-refractivity contribution is 5.89. The van der Waals surface area contributed by atoms with Gasteiger partial charge in [-0.05, 0) is 94.1 Å². The molecule has 6 nitrogen and oxygen atoms in total. The van der Waals surface area contributed by atoms with Crippen molar-refractivity contribution in [1.29, 1.82) is 0 Å². The van der Waals surface area contributed by atoms with Crippen molar-refractivity contribution in [2.75, 3.05) is 26.2 Å². The first-order valence-corrected chi connectivity index (χ1v) is 11.8. The fourth-order valence-corrected chi connectivity index (χ4v) is 5.87. The van der Waals surface area contributed by atoms with Gasteiger partial charge in [0.25, 0.3) is 5.91 Å². The van der Waals surface area contributed by atoms with E-state index in [9.17, 15) is 9.59 Å². The van der Waals surface area contributed by atoms with Crippen molar-refractivity contribution >= 4 is 16.9 Å². The third-order valence-electron chi connectivity index (χ3n) is 7.33. The quantitative estimate of drug-likeness (QED) is 0.746. The number of nitrogens with zero attached hydrogens (tertiary/aromatic N) is 1. The Morgan fingerprint density at radius 1 is 1.13 bits per heavy atom. The first-order valence-electron chi connectivity index (χ1n) is 11.8. The summed E-state index contributed by atoms with van der Waals surface area (Å²) in [5.41, 5.74) is 3.06. The number of piperidine rings is 2. The molecular formula is C25H32N2O4. The monoisotopic (exact) mass is 424 g/mol. The van der Waals surface area contributed by atoms with E-state index in [0.29, 0.717) is 23.3 Å². The van der Waals surface area contributed by atoms with Gasteiger partial charge in [0.05, 0.1) is 5.39 Å². The molecule has 5 rings (SSSR count). The summed E-state index contributed by atoms with van der Waals surface area (Å²) in [7, 11) is 0. The Morgan fingerprint density at radius 2 is 1.97 bits per heavy atom. The number of carbonyl (C=O) groups is 1. The Kier molecular flexibility index (Phi) is 5.74. The zero-order valence-corrected chi connectivity index (χ0v) is 18.4. The lowest BCUT2D eigenvalue weighted by molar-refractivity contribution is -0.123. The first-order chi connectivity index (χ1) is 15.1. The summed E-state index contributed by atoms with van der Waals surface area (Å²) in [6, 6.07) is 4.44. The summed E-state index contributed by atoms with van der Waals surface area (Å²) in [4.78, 5) is 27.5. The van der Waals surface area contributed by atoms with Crippen LogP contribution in [0.25, 0.3) is 11.0 Å². The summed E-state index contributed by atoms with van der Waals surface area (Å²) in [5, 5.41) is 3.97. The van der Waals surface area contributed by atoms with Gasteiger partial charge >= 0.3 is 5.63 Å². The van der Waals surface area contributed by atoms with E-state index >= 15 is 0 Å². The number of hydrogen-bond acceptors (Lipinski definition) is 5. The van der Waals surface area contributed by atoms with E-state index in [1.54, 1.807) is 0 Å². The highest BCUT2D eigenvalue weighted by Gasteiger charge is 2.33. The minimum absolute atomic E-state index is 0.0203. The molecule has 3 aliphatic rings. The van der Waals surface area contributed by atoms with Crippen molar-refractivity contribution in [3.63, 3.8) is 0 Å². The van der Waals surface area contributed by atoms with Gasteiger partial charge in [-0.15, -0.1) is 0 Å². The summed E-state index contributed by atoms with van der Waals surface area (Å²) in [6.07, 6.45) is 8.82. The third kappa shape index (κ3) is 4.10. The van der Waals surface area contributed by atoms with Gasteiger partial charge in [0.2, 0.25) is 0 Å². The lowest BCUT2D eigenvalue weighted by atomic mass is 9.83. The molecule has 6 heteroatoms. The van der Waals surface area contributed by atoms with Gasteiger partial charge in [-0.3, -0.25) is 4.79 Å². The van der Waals surface area contributed by atoms with Crippen LogP contribution in [0.5, 0.6) is 5.75 Å². The molecule has 2 aromatic rings. The number of fused-ring (bicyclic) bond motifs is 4. The second-order valence-electron chi connectivity index (χ2n) is 9.43. The smallest absolute Gasteiger partial charge is 0.339 e. The van der Waals surface area contributed by atoms with E-state index in [1.165, 1.54) is 45.2 Å². The van der Waals surface area contributed by atoms with Crippen LogP contribution in [0.1, 0.15) is 55.2 Å². The average molecular weight is 425 g/mol. The maximum Gasteiger partial charge on any atom is 0.339 e. The molecule has 1 N–H and O–H groups in total. The third-order valence-corrected chi connectivity index (χ3v) is 7.33. The minimum Gasteiger partial charge on any atom is -0.483 e. The Labute approximate surface area is 182 Å². The van der Waals surface area contributed by atoms with Crippen molar-refractivity contribution in [3.05, 3.63) is 39.2 Å². The lowest BCUT2D eigenvalue weighted by Crippen LogP contribution is -2.51. The molecule has 2 saturated heterocycles. The van der Waals surface area contributed by atoms with Crippen LogP contribution in [-0.4, -0.2) is 43.1 Å². The van der Waals surface area contributed by atoms with E-state index < -0.39 is 0 Å². The van der Waals surface area contributed by atoms with Gasteiger partial charge in [0.15, 0.2) is 6.61 Å². The van der Waals surface area contributed by atoms with Gasteiger partial charge < -0.3 is 19.4 Å². The molecule has 0 radical (unpaired) electrons. The Hall–Kier alpha value is -2.34. The van der Waals surface area contributed by atoms with Crippen LogP contribution < -0.4 is 15.7 Å². The molecule has 1 aliphatic carbocycles. The van der Waals surface area contributed by atoms with E-state index in [2.05, 4.69) is 10.2 Å². The van der Waals surface area contributed by atoms with Crippen LogP contribution in [0.15, 0.2) is 21.3 Å². The molecule has 2 aliphatic heterocycles. The normalized spacial score (nSPS) is 23.4. The van der Waals surface area contributed by atoms with Crippen LogP contribution in [0.4, 0.5) is 0 Å². The zero-order chi connectivity index (χ0) is 21.4. The second kappa shape index (κ2) is 8.65. The molecule has 0 saturated carbocycles. The fraction of sp³-hybridized carbons (Fsp3) is 0.600. The standard InChI is InChI=1S/C25H32N2O4/c1-16-12-21(24-18-7-4-8-19(18)25(29)31-22(24)13-16)30-15-23(28)26-14-17-6-5-11-27-10-3-2-9-20(17)27/h12-13,17,20H,2-11,14-15H2,1H3,(H,26,28)/t17-,20+/m1/s1. The number of aryl methyl sites for hydroxylation is 2. The number of hydrogen-bond donors (Lipinski definition) is 1. The molecule has 3 heterocycles. The molecule has 2 fully saturated rings. The Morgan fingerprint density at radius 3 is 2.87 bits per heavy atom. The summed E-state index contributed by atoms with van der Waals surface area (Å²) in [5.74, 6) is 1.09. The van der Waals surface area contributed by atoms with Crippen LogP contribution in [0, 0.1) is 12.8 Å². The Bertz CT molecular complexity index is 1040. The van der Waals surface area contributed by atoms with Crippen LogP contribution in [0.2, 0.25) is 0 Å². The first kappa shape index (κ1) is 20.6. The number of rotatable bonds is 5. The van der Waals surface area contributed by atoms with Crippen molar-refractivity contribution in [1.82, 2.24) is 10.2 Å². The molecule has 166 valence electrons. The summed E-state index contributed by atoms with van der Waals surface area (Å²) < 4.78 is 11.6. The molecule has 2 atom stereocenters. The SMILES string of the molecule is Cc1cc(OCC(=O)NC[C@H]2CCCN3CCCC[C@@H]23)c2c3c(c(=O)oc2c1)CCC3. The average Bonchev–Trinajstić information content (AvgIpc) is 3.26. The molecule has 0 bridgehead atoms. The maximum atomic E-state index is 12.6. The predicted molar refractivity (Wildman–Crippen MR) is 120 cm³/mol. The molecule has 1 aromatic carbocycles. The Balaban J connectivity index is 1.26. The van der Waals surface area contributed by atoms with Crippen molar-refractivity contribution in [2.45, 2.75) is 64.3 Å². The van der Waals surface area contributed by atoms with E-state index in [4.69, 9.17) is 9.15 Å². The highest BCUT2D eigenvalue weighted by atomic mass is 16.5. The van der Waals surface area contributed by atoms with E-state index in [0.717, 1.165) is 47.9 Å². The molecule has 0 spiro atoms. The minimum atomic E-state index is -0.237. The number of amides is 1. The van der Waals surface area contributed by atoms with Gasteiger partial charge in [0, 0.05) is 18.2 Å². The highest BCUT2D eigenvalue weighted by Crippen LogP contribution is 2.35. The van der Waals surface area contributed by atoms with Gasteiger partial charge in [-0.2, -0.15) is 0 Å². The maximum absolute atomic E-state index is 12.6. The fourth-order valence-electron chi connectivity index (χ4n) is 5.87. The zero-order valence-electron chi connectivity index (χ0n) is 18.4. The van der Waals surface area contributed by atoms with Crippen LogP contribution in [-0.2, 0) is 17.6 Å². The van der Waals surface area contributed by atoms with Crippen LogP contribution >= 0.6 is 0 Å². The second-order valence-corrected chi connectivity index (χ2v) is 9.43. The predicted octanol–water partition coefficient (Wildman–Crippen LogP) is 3.35. The number of carbonyl (C=O) groups excluding carboxylic acids is 1. The molecule has 0 unspecified atom stereocenters. The van der Waals surface area contributed by atoms with E-state index in [1.807, 2.05) is 19.1 Å². The lowest BCUT2D eigenvalue weighted by Gasteiger charge is -2.44. The van der Waals surface area contributed by atoms with Gasteiger partial charge in [0.1, 0.15) is 11.3 Å². The molecule has 1 aromatic heterocycles. The summed E-state index contributed by atoms with van der Waals surface area (Å²) >= 11 is 0. The molecule has 1 amide bonds. The summed E-state index contributed by atoms with van der Waals surface area (Å²) in [6.45, 7) is 5.06. The van der Waals surface area contributed by atoms with E-state index in [-0.39, 0.29) is 18.1 Å². The molecular weight excluding hydrogens is 392 g/mol. The number of ether oxygens (including phenoxy) is 1. The number of benzene rings is 1. The molecule has 31 heavy (non-hydrogen) atoms. The van der Waals surface area contributed by atoms with Gasteiger partial charge in [-0.1, -0.05) is 6.42 Å². The van der Waals surface area contributed by atoms with Crippen molar-refractivity contribution in [3.8, 4) is 5.75 Å².